The Morgan fingerprint density at radius 2 is 2.40 bits per heavy atom. The van der Waals surface area contributed by atoms with E-state index in [0.717, 1.165) is 17.1 Å². The Labute approximate surface area is 121 Å². The molecule has 0 saturated carbocycles. The van der Waals surface area contributed by atoms with E-state index in [9.17, 15) is 9.90 Å². The van der Waals surface area contributed by atoms with E-state index in [-0.39, 0.29) is 18.6 Å². The molecular weight excluding hydrogens is 276 g/mol. The maximum atomic E-state index is 12.5. The van der Waals surface area contributed by atoms with Crippen LogP contribution in [-0.4, -0.2) is 43.1 Å². The van der Waals surface area contributed by atoms with Gasteiger partial charge in [-0.2, -0.15) is 0 Å². The molecule has 0 spiro atoms. The summed E-state index contributed by atoms with van der Waals surface area (Å²) >= 11 is 1.14. The molecule has 0 radical (unpaired) electrons. The van der Waals surface area contributed by atoms with Crippen molar-refractivity contribution in [2.24, 2.45) is 0 Å². The molecule has 2 aromatic heterocycles. The minimum Gasteiger partial charge on any atom is -0.394 e. The summed E-state index contributed by atoms with van der Waals surface area (Å²) in [5, 5.41) is 14.9. The van der Waals surface area contributed by atoms with Crippen molar-refractivity contribution in [3.63, 3.8) is 0 Å². The number of pyridine rings is 1. The second-order valence-electron chi connectivity index (χ2n) is 4.33. The molecule has 6 nitrogen and oxygen atoms in total. The first-order valence-corrected chi connectivity index (χ1v) is 7.17. The number of hydrogen-bond acceptors (Lipinski definition) is 6. The second kappa shape index (κ2) is 7.06. The van der Waals surface area contributed by atoms with Crippen LogP contribution in [0.5, 0.6) is 0 Å². The quantitative estimate of drug-likeness (QED) is 0.869. The maximum Gasteiger partial charge on any atom is 0.275 e. The third kappa shape index (κ3) is 3.37. The van der Waals surface area contributed by atoms with Crippen molar-refractivity contribution in [2.75, 3.05) is 6.61 Å². The van der Waals surface area contributed by atoms with Crippen molar-refractivity contribution in [3.8, 4) is 0 Å². The van der Waals surface area contributed by atoms with Crippen LogP contribution in [0.15, 0.2) is 29.9 Å². The summed E-state index contributed by atoms with van der Waals surface area (Å²) < 4.78 is 3.71. The van der Waals surface area contributed by atoms with Crippen LogP contribution < -0.4 is 0 Å². The number of carbonyl (C=O) groups excluding carboxylic acids is 1. The van der Waals surface area contributed by atoms with Crippen molar-refractivity contribution in [2.45, 2.75) is 25.9 Å². The van der Waals surface area contributed by atoms with Gasteiger partial charge in [0.2, 0.25) is 0 Å². The molecule has 0 aliphatic carbocycles. The van der Waals surface area contributed by atoms with E-state index in [0.29, 0.717) is 18.7 Å². The molecule has 1 atom stereocenters. The van der Waals surface area contributed by atoms with Crippen molar-refractivity contribution in [3.05, 3.63) is 41.2 Å². The fourth-order valence-electron chi connectivity index (χ4n) is 1.91. The average Bonchev–Trinajstić information content (AvgIpc) is 3.02. The minimum atomic E-state index is -0.246. The fourth-order valence-corrected chi connectivity index (χ4v) is 2.34. The van der Waals surface area contributed by atoms with Crippen LogP contribution in [0.25, 0.3) is 0 Å². The van der Waals surface area contributed by atoms with Gasteiger partial charge in [0.05, 0.1) is 12.6 Å². The topological polar surface area (TPSA) is 79.2 Å². The first-order chi connectivity index (χ1) is 9.76. The molecule has 0 bridgehead atoms. The Hall–Kier alpha value is -1.86. The summed E-state index contributed by atoms with van der Waals surface area (Å²) in [7, 11) is 0. The highest BCUT2D eigenvalue weighted by atomic mass is 32.1. The van der Waals surface area contributed by atoms with Gasteiger partial charge in [-0.15, -0.1) is 5.10 Å². The molecule has 1 amide bonds. The van der Waals surface area contributed by atoms with Gasteiger partial charge in [-0.1, -0.05) is 17.5 Å². The van der Waals surface area contributed by atoms with Crippen molar-refractivity contribution in [1.82, 2.24) is 19.5 Å². The van der Waals surface area contributed by atoms with Crippen LogP contribution in [0.2, 0.25) is 0 Å². The van der Waals surface area contributed by atoms with Crippen LogP contribution >= 0.6 is 11.5 Å². The van der Waals surface area contributed by atoms with Gasteiger partial charge in [-0.25, -0.2) is 0 Å². The van der Waals surface area contributed by atoms with Gasteiger partial charge in [0, 0.05) is 24.3 Å². The lowest BCUT2D eigenvalue weighted by molar-refractivity contribution is 0.0557. The highest BCUT2D eigenvalue weighted by Crippen LogP contribution is 2.14. The molecule has 0 saturated heterocycles. The van der Waals surface area contributed by atoms with E-state index < -0.39 is 0 Å². The minimum absolute atomic E-state index is 0.0833. The number of aliphatic hydroxyl groups excluding tert-OH is 1. The van der Waals surface area contributed by atoms with Crippen LogP contribution in [0.4, 0.5) is 0 Å². The van der Waals surface area contributed by atoms with E-state index in [4.69, 9.17) is 0 Å². The Bertz CT molecular complexity index is 529. The lowest BCUT2D eigenvalue weighted by Crippen LogP contribution is -2.41. The second-order valence-corrected chi connectivity index (χ2v) is 4.94. The molecule has 2 heterocycles. The molecule has 0 aromatic carbocycles. The van der Waals surface area contributed by atoms with Gasteiger partial charge in [0.25, 0.3) is 5.91 Å². The fraction of sp³-hybridized carbons (Fsp3) is 0.385. The van der Waals surface area contributed by atoms with E-state index in [1.807, 2.05) is 19.1 Å². The number of carbonyl (C=O) groups is 1. The van der Waals surface area contributed by atoms with Crippen LogP contribution in [-0.2, 0) is 6.54 Å². The lowest BCUT2D eigenvalue weighted by Gasteiger charge is -2.29. The van der Waals surface area contributed by atoms with Gasteiger partial charge in [-0.3, -0.25) is 9.78 Å². The van der Waals surface area contributed by atoms with Gasteiger partial charge in [-0.05, 0) is 29.6 Å². The zero-order chi connectivity index (χ0) is 14.4. The van der Waals surface area contributed by atoms with Crippen molar-refractivity contribution in [1.29, 1.82) is 0 Å². The smallest absolute Gasteiger partial charge is 0.275 e. The molecule has 1 unspecified atom stereocenters. The molecule has 1 N–H and O–H groups in total. The third-order valence-electron chi connectivity index (χ3n) is 3.04. The zero-order valence-corrected chi connectivity index (χ0v) is 12.0. The predicted octanol–water partition coefficient (Wildman–Crippen LogP) is 1.35. The van der Waals surface area contributed by atoms with Gasteiger partial charge >= 0.3 is 0 Å². The van der Waals surface area contributed by atoms with Crippen LogP contribution in [0, 0.1) is 0 Å². The van der Waals surface area contributed by atoms with Crippen molar-refractivity contribution >= 4 is 17.4 Å². The Kier molecular flexibility index (Phi) is 5.14. The normalized spacial score (nSPS) is 12.1. The Morgan fingerprint density at radius 1 is 1.55 bits per heavy atom. The summed E-state index contributed by atoms with van der Waals surface area (Å²) in [6, 6.07) is 3.48. The van der Waals surface area contributed by atoms with Crippen LogP contribution in [0.1, 0.15) is 29.4 Å². The molecule has 20 heavy (non-hydrogen) atoms. The van der Waals surface area contributed by atoms with E-state index in [1.54, 1.807) is 22.7 Å². The van der Waals surface area contributed by atoms with Crippen molar-refractivity contribution < 1.29 is 9.90 Å². The first-order valence-electron chi connectivity index (χ1n) is 6.34. The SMILES string of the molecule is CCC(CO)N(Cc1cccnc1)C(=O)c1csnn1. The first kappa shape index (κ1) is 14.5. The van der Waals surface area contributed by atoms with Gasteiger partial charge in [0.15, 0.2) is 5.69 Å². The lowest BCUT2D eigenvalue weighted by atomic mass is 10.1. The summed E-state index contributed by atoms with van der Waals surface area (Å²) in [5.41, 5.74) is 1.22. The molecule has 7 heteroatoms. The monoisotopic (exact) mass is 292 g/mol. The summed E-state index contributed by atoms with van der Waals surface area (Å²) in [6.45, 7) is 2.24. The molecular formula is C13H16N4O2S. The summed E-state index contributed by atoms with van der Waals surface area (Å²) in [4.78, 5) is 18.1. The maximum absolute atomic E-state index is 12.5. The number of hydrogen-bond donors (Lipinski definition) is 1. The largest absolute Gasteiger partial charge is 0.394 e. The Balaban J connectivity index is 2.23. The van der Waals surface area contributed by atoms with E-state index in [1.165, 1.54) is 0 Å². The molecule has 2 rings (SSSR count). The van der Waals surface area contributed by atoms with Crippen LogP contribution in [0.3, 0.4) is 0 Å². The molecule has 0 fully saturated rings. The molecule has 2 aromatic rings. The summed E-state index contributed by atoms with van der Waals surface area (Å²) in [5.74, 6) is -0.219. The van der Waals surface area contributed by atoms with Gasteiger partial charge in [0.1, 0.15) is 0 Å². The zero-order valence-electron chi connectivity index (χ0n) is 11.1. The number of aromatic nitrogens is 3. The number of rotatable bonds is 6. The van der Waals surface area contributed by atoms with E-state index >= 15 is 0 Å². The predicted molar refractivity (Wildman–Crippen MR) is 75.2 cm³/mol. The number of aliphatic hydroxyl groups is 1. The highest BCUT2D eigenvalue weighted by Gasteiger charge is 2.25. The highest BCUT2D eigenvalue weighted by molar-refractivity contribution is 7.03. The van der Waals surface area contributed by atoms with Gasteiger partial charge < -0.3 is 10.0 Å². The number of amides is 1. The average molecular weight is 292 g/mol. The molecule has 106 valence electrons. The molecule has 0 aliphatic heterocycles. The Morgan fingerprint density at radius 3 is 2.95 bits per heavy atom. The number of nitrogens with zero attached hydrogens (tertiary/aromatic N) is 4. The molecule has 0 aliphatic rings. The standard InChI is InChI=1S/C13H16N4O2S/c1-2-11(8-18)17(7-10-4-3-5-14-6-10)13(19)12-9-20-16-15-12/h3-6,9,11,18H,2,7-8H2,1H3. The summed E-state index contributed by atoms with van der Waals surface area (Å²) in [6.07, 6.45) is 4.06. The third-order valence-corrected chi connectivity index (χ3v) is 3.54. The van der Waals surface area contributed by atoms with E-state index in [2.05, 4.69) is 14.6 Å².